The van der Waals surface area contributed by atoms with Crippen LogP contribution < -0.4 is 4.90 Å². The highest BCUT2D eigenvalue weighted by Crippen LogP contribution is 2.31. The summed E-state index contributed by atoms with van der Waals surface area (Å²) in [4.78, 5) is 36.1. The first-order valence-corrected chi connectivity index (χ1v) is 8.45. The lowest BCUT2D eigenvalue weighted by Crippen LogP contribution is -2.38. The molecule has 1 aliphatic heterocycles. The molecule has 0 saturated heterocycles. The monoisotopic (exact) mass is 366 g/mol. The number of non-ortho nitro benzene ring substituents is 1. The van der Waals surface area contributed by atoms with E-state index in [2.05, 4.69) is 0 Å². The van der Waals surface area contributed by atoms with Gasteiger partial charge in [0, 0.05) is 29.9 Å². The number of anilines is 1. The van der Waals surface area contributed by atoms with Crippen molar-refractivity contribution in [3.05, 3.63) is 75.8 Å². The maximum atomic E-state index is 12.5. The number of nitrogens with zero attached hydrogens (tertiary/aromatic N) is 2. The second kappa shape index (κ2) is 7.82. The molecule has 0 saturated carbocycles. The number of hydrogen-bond donors (Lipinski definition) is 0. The first-order chi connectivity index (χ1) is 13.0. The number of amides is 1. The van der Waals surface area contributed by atoms with Gasteiger partial charge in [0.2, 0.25) is 0 Å². The average molecular weight is 366 g/mol. The average Bonchev–Trinajstić information content (AvgIpc) is 3.00. The van der Waals surface area contributed by atoms with Crippen LogP contribution in [-0.2, 0) is 20.7 Å². The molecule has 0 N–H and O–H groups in total. The summed E-state index contributed by atoms with van der Waals surface area (Å²) in [5.41, 5.74) is 2.54. The first kappa shape index (κ1) is 18.3. The van der Waals surface area contributed by atoms with Crippen molar-refractivity contribution in [1.82, 2.24) is 0 Å². The zero-order valence-corrected chi connectivity index (χ0v) is 14.7. The summed E-state index contributed by atoms with van der Waals surface area (Å²) in [6.07, 6.45) is 3.44. The second-order valence-corrected chi connectivity index (χ2v) is 6.24. The molecule has 0 bridgehead atoms. The van der Waals surface area contributed by atoms with Crippen molar-refractivity contribution in [2.45, 2.75) is 19.4 Å². The number of nitro benzene ring substituents is 1. The van der Waals surface area contributed by atoms with E-state index >= 15 is 0 Å². The fraction of sp³-hybridized carbons (Fsp3) is 0.200. The van der Waals surface area contributed by atoms with Gasteiger partial charge in [0.25, 0.3) is 11.6 Å². The number of nitro groups is 1. The van der Waals surface area contributed by atoms with Gasteiger partial charge in [-0.2, -0.15) is 0 Å². The number of para-hydroxylation sites is 1. The van der Waals surface area contributed by atoms with Crippen LogP contribution in [0.15, 0.2) is 54.6 Å². The van der Waals surface area contributed by atoms with Crippen LogP contribution in [0.2, 0.25) is 0 Å². The van der Waals surface area contributed by atoms with Gasteiger partial charge in [-0.25, -0.2) is 4.79 Å². The van der Waals surface area contributed by atoms with Gasteiger partial charge in [0.15, 0.2) is 6.61 Å². The van der Waals surface area contributed by atoms with Gasteiger partial charge >= 0.3 is 5.97 Å². The van der Waals surface area contributed by atoms with Crippen LogP contribution in [0.1, 0.15) is 18.1 Å². The minimum Gasteiger partial charge on any atom is -0.452 e. The number of carbonyl (C=O) groups excluding carboxylic acids is 2. The number of ether oxygens (including phenoxy) is 1. The molecule has 1 atom stereocenters. The number of fused-ring (bicyclic) bond motifs is 1. The highest BCUT2D eigenvalue weighted by atomic mass is 16.6. The summed E-state index contributed by atoms with van der Waals surface area (Å²) in [6, 6.07) is 13.4. The zero-order valence-electron chi connectivity index (χ0n) is 14.7. The maximum absolute atomic E-state index is 12.5. The lowest BCUT2D eigenvalue weighted by atomic mass is 10.1. The molecule has 0 fully saturated rings. The standard InChI is InChI=1S/C20H18N2O5/c1-14-12-16-4-2-3-5-18(16)21(14)19(23)13-27-20(24)11-8-15-6-9-17(10-7-15)22(25)26/h2-11,14H,12-13H2,1H3. The Morgan fingerprint density at radius 2 is 1.93 bits per heavy atom. The van der Waals surface area contributed by atoms with Gasteiger partial charge in [-0.1, -0.05) is 18.2 Å². The van der Waals surface area contributed by atoms with Crippen molar-refractivity contribution >= 4 is 29.3 Å². The van der Waals surface area contributed by atoms with Crippen LogP contribution >= 0.6 is 0 Å². The Morgan fingerprint density at radius 3 is 2.63 bits per heavy atom. The van der Waals surface area contributed by atoms with Gasteiger partial charge in [-0.3, -0.25) is 14.9 Å². The van der Waals surface area contributed by atoms with Crippen molar-refractivity contribution in [2.24, 2.45) is 0 Å². The van der Waals surface area contributed by atoms with E-state index in [1.54, 1.807) is 4.90 Å². The molecule has 1 aliphatic rings. The zero-order chi connectivity index (χ0) is 19.4. The fourth-order valence-electron chi connectivity index (χ4n) is 3.07. The highest BCUT2D eigenvalue weighted by Gasteiger charge is 2.30. The van der Waals surface area contributed by atoms with Crippen LogP contribution in [0.25, 0.3) is 6.08 Å². The molecule has 1 heterocycles. The van der Waals surface area contributed by atoms with Gasteiger partial charge < -0.3 is 9.64 Å². The van der Waals surface area contributed by atoms with Crippen molar-refractivity contribution in [3.8, 4) is 0 Å². The molecule has 7 heteroatoms. The summed E-state index contributed by atoms with van der Waals surface area (Å²) >= 11 is 0. The van der Waals surface area contributed by atoms with Gasteiger partial charge in [-0.15, -0.1) is 0 Å². The van der Waals surface area contributed by atoms with E-state index in [-0.39, 0.29) is 24.2 Å². The quantitative estimate of drug-likeness (QED) is 0.351. The molecule has 0 aromatic heterocycles. The molecule has 3 rings (SSSR count). The van der Waals surface area contributed by atoms with Gasteiger partial charge in [0.1, 0.15) is 0 Å². The van der Waals surface area contributed by atoms with Crippen molar-refractivity contribution in [1.29, 1.82) is 0 Å². The van der Waals surface area contributed by atoms with E-state index < -0.39 is 10.9 Å². The predicted octanol–water partition coefficient (Wildman–Crippen LogP) is 3.13. The topological polar surface area (TPSA) is 89.8 Å². The normalized spacial score (nSPS) is 15.6. The smallest absolute Gasteiger partial charge is 0.331 e. The lowest BCUT2D eigenvalue weighted by Gasteiger charge is -2.22. The molecule has 0 aliphatic carbocycles. The third-order valence-electron chi connectivity index (χ3n) is 4.33. The molecule has 0 spiro atoms. The van der Waals surface area contributed by atoms with E-state index in [0.29, 0.717) is 5.56 Å². The maximum Gasteiger partial charge on any atom is 0.331 e. The molecule has 0 radical (unpaired) electrons. The Kier molecular flexibility index (Phi) is 5.30. The van der Waals surface area contributed by atoms with Gasteiger partial charge in [0.05, 0.1) is 4.92 Å². The minimum atomic E-state index is -0.651. The Bertz CT molecular complexity index is 905. The molecule has 27 heavy (non-hydrogen) atoms. The largest absolute Gasteiger partial charge is 0.452 e. The van der Waals surface area contributed by atoms with E-state index in [9.17, 15) is 19.7 Å². The number of esters is 1. The van der Waals surface area contributed by atoms with Crippen molar-refractivity contribution in [2.75, 3.05) is 11.5 Å². The van der Waals surface area contributed by atoms with Crippen LogP contribution in [0.3, 0.4) is 0 Å². The van der Waals surface area contributed by atoms with Crippen molar-refractivity contribution < 1.29 is 19.2 Å². The molecular formula is C20H18N2O5. The molecule has 7 nitrogen and oxygen atoms in total. The van der Waals surface area contributed by atoms with Gasteiger partial charge in [-0.05, 0) is 48.7 Å². The summed E-state index contributed by atoms with van der Waals surface area (Å²) < 4.78 is 5.04. The molecule has 2 aromatic rings. The second-order valence-electron chi connectivity index (χ2n) is 6.24. The Balaban J connectivity index is 1.56. The summed E-state index contributed by atoms with van der Waals surface area (Å²) in [5.74, 6) is -0.925. The first-order valence-electron chi connectivity index (χ1n) is 8.45. The number of carbonyl (C=O) groups is 2. The number of rotatable bonds is 5. The third kappa shape index (κ3) is 4.20. The Hall–Kier alpha value is -3.48. The number of benzene rings is 2. The fourth-order valence-corrected chi connectivity index (χ4v) is 3.07. The number of hydrogen-bond acceptors (Lipinski definition) is 5. The molecule has 1 amide bonds. The van der Waals surface area contributed by atoms with Crippen molar-refractivity contribution in [3.63, 3.8) is 0 Å². The third-order valence-corrected chi connectivity index (χ3v) is 4.33. The minimum absolute atomic E-state index is 0.0178. The van der Waals surface area contributed by atoms with Crippen LogP contribution in [0, 0.1) is 10.1 Å². The van der Waals surface area contributed by atoms with Crippen LogP contribution in [0.4, 0.5) is 11.4 Å². The van der Waals surface area contributed by atoms with E-state index in [4.69, 9.17) is 4.74 Å². The molecule has 138 valence electrons. The van der Waals surface area contributed by atoms with E-state index in [0.717, 1.165) is 17.7 Å². The molecular weight excluding hydrogens is 348 g/mol. The summed E-state index contributed by atoms with van der Waals surface area (Å²) in [6.45, 7) is 1.61. The summed E-state index contributed by atoms with van der Waals surface area (Å²) in [7, 11) is 0. The lowest BCUT2D eigenvalue weighted by molar-refractivity contribution is -0.384. The van der Waals surface area contributed by atoms with Crippen LogP contribution in [0.5, 0.6) is 0 Å². The molecule has 1 unspecified atom stereocenters. The highest BCUT2D eigenvalue weighted by molar-refractivity contribution is 5.98. The molecule has 2 aromatic carbocycles. The predicted molar refractivity (Wildman–Crippen MR) is 100 cm³/mol. The van der Waals surface area contributed by atoms with E-state index in [1.807, 2.05) is 31.2 Å². The van der Waals surface area contributed by atoms with E-state index in [1.165, 1.54) is 36.4 Å². The Morgan fingerprint density at radius 1 is 1.22 bits per heavy atom. The van der Waals surface area contributed by atoms with Crippen LogP contribution in [-0.4, -0.2) is 29.4 Å². The SMILES string of the molecule is CC1Cc2ccccc2N1C(=O)COC(=O)C=Cc1ccc([N+](=O)[O-])cc1. The Labute approximate surface area is 156 Å². The summed E-state index contributed by atoms with van der Waals surface area (Å²) in [5, 5.41) is 10.6.